The standard InChI is InChI=1S/C24H33N/c1-20(19-21-11-5-2-6-12-21)25-18-17-24(22-13-7-3-8-14-22)23-15-9-4-10-16-23/h3-4,7-10,13-16,20-21,24-25H,2,5-6,11-12,17-19H2,1H3/t20-/m0/s1. The summed E-state index contributed by atoms with van der Waals surface area (Å²) < 4.78 is 0. The molecule has 0 amide bonds. The Balaban J connectivity index is 1.54. The van der Waals surface area contributed by atoms with Gasteiger partial charge in [-0.2, -0.15) is 0 Å². The summed E-state index contributed by atoms with van der Waals surface area (Å²) in [6, 6.07) is 22.5. The molecule has 1 heteroatoms. The first-order valence-electron chi connectivity index (χ1n) is 10.2. The Bertz CT molecular complexity index is 547. The molecule has 1 saturated carbocycles. The summed E-state index contributed by atoms with van der Waals surface area (Å²) in [7, 11) is 0. The third kappa shape index (κ3) is 5.71. The highest BCUT2D eigenvalue weighted by molar-refractivity contribution is 5.32. The summed E-state index contributed by atoms with van der Waals surface area (Å²) in [6.07, 6.45) is 9.74. The van der Waals surface area contributed by atoms with E-state index in [1.807, 2.05) is 0 Å². The maximum Gasteiger partial charge on any atom is 0.0101 e. The average Bonchev–Trinajstić information content (AvgIpc) is 2.67. The van der Waals surface area contributed by atoms with Crippen LogP contribution in [0.2, 0.25) is 0 Å². The van der Waals surface area contributed by atoms with Crippen LogP contribution in [0, 0.1) is 5.92 Å². The van der Waals surface area contributed by atoms with Crippen LogP contribution in [0.25, 0.3) is 0 Å². The lowest BCUT2D eigenvalue weighted by molar-refractivity contribution is 0.304. The highest BCUT2D eigenvalue weighted by Gasteiger charge is 2.17. The van der Waals surface area contributed by atoms with E-state index in [-0.39, 0.29) is 0 Å². The highest BCUT2D eigenvalue weighted by Crippen LogP contribution is 2.29. The SMILES string of the molecule is C[C@@H](CC1CCCCC1)NCCC(c1ccccc1)c1ccccc1. The van der Waals surface area contributed by atoms with Crippen molar-refractivity contribution in [3.8, 4) is 0 Å². The zero-order valence-electron chi connectivity index (χ0n) is 15.7. The van der Waals surface area contributed by atoms with Gasteiger partial charge in [-0.25, -0.2) is 0 Å². The van der Waals surface area contributed by atoms with Gasteiger partial charge in [0.05, 0.1) is 0 Å². The average molecular weight is 336 g/mol. The molecule has 1 nitrogen and oxygen atoms in total. The van der Waals surface area contributed by atoms with Gasteiger partial charge < -0.3 is 5.32 Å². The second-order valence-electron chi connectivity index (χ2n) is 7.76. The molecule has 1 aliphatic carbocycles. The summed E-state index contributed by atoms with van der Waals surface area (Å²) in [5, 5.41) is 3.80. The molecule has 0 spiro atoms. The van der Waals surface area contributed by atoms with E-state index in [2.05, 4.69) is 72.9 Å². The first-order chi connectivity index (χ1) is 12.3. The zero-order valence-corrected chi connectivity index (χ0v) is 15.7. The van der Waals surface area contributed by atoms with Crippen molar-refractivity contribution in [1.82, 2.24) is 5.32 Å². The molecule has 1 atom stereocenters. The lowest BCUT2D eigenvalue weighted by Gasteiger charge is -2.26. The Hall–Kier alpha value is -1.60. The van der Waals surface area contributed by atoms with Crippen LogP contribution in [0.3, 0.4) is 0 Å². The maximum absolute atomic E-state index is 3.80. The first kappa shape index (κ1) is 18.2. The van der Waals surface area contributed by atoms with Gasteiger partial charge in [-0.05, 0) is 43.4 Å². The molecule has 3 rings (SSSR count). The smallest absolute Gasteiger partial charge is 0.0101 e. The fraction of sp³-hybridized carbons (Fsp3) is 0.500. The molecule has 134 valence electrons. The van der Waals surface area contributed by atoms with Crippen molar-refractivity contribution in [1.29, 1.82) is 0 Å². The molecule has 0 bridgehead atoms. The van der Waals surface area contributed by atoms with Crippen LogP contribution >= 0.6 is 0 Å². The van der Waals surface area contributed by atoms with Crippen molar-refractivity contribution in [3.63, 3.8) is 0 Å². The second-order valence-corrected chi connectivity index (χ2v) is 7.76. The molecular formula is C24H33N. The number of rotatable bonds is 8. The molecule has 0 unspecified atom stereocenters. The molecule has 1 N–H and O–H groups in total. The van der Waals surface area contributed by atoms with Gasteiger partial charge in [-0.3, -0.25) is 0 Å². The van der Waals surface area contributed by atoms with Gasteiger partial charge in [0.15, 0.2) is 0 Å². The van der Waals surface area contributed by atoms with Crippen LogP contribution in [0.15, 0.2) is 60.7 Å². The van der Waals surface area contributed by atoms with Crippen molar-refractivity contribution >= 4 is 0 Å². The van der Waals surface area contributed by atoms with Gasteiger partial charge in [-0.15, -0.1) is 0 Å². The highest BCUT2D eigenvalue weighted by atomic mass is 14.9. The molecule has 2 aromatic carbocycles. The monoisotopic (exact) mass is 335 g/mol. The summed E-state index contributed by atoms with van der Waals surface area (Å²) in [5.41, 5.74) is 2.85. The Labute approximate surface area is 153 Å². The molecule has 2 aromatic rings. The Morgan fingerprint density at radius 1 is 0.840 bits per heavy atom. The van der Waals surface area contributed by atoms with E-state index in [1.54, 1.807) is 0 Å². The first-order valence-corrected chi connectivity index (χ1v) is 10.2. The topological polar surface area (TPSA) is 12.0 Å². The van der Waals surface area contributed by atoms with Gasteiger partial charge in [0.25, 0.3) is 0 Å². The number of hydrogen-bond acceptors (Lipinski definition) is 1. The van der Waals surface area contributed by atoms with Crippen LogP contribution in [0.5, 0.6) is 0 Å². The van der Waals surface area contributed by atoms with E-state index in [9.17, 15) is 0 Å². The number of benzene rings is 2. The third-order valence-electron chi connectivity index (χ3n) is 5.74. The maximum atomic E-state index is 3.80. The Morgan fingerprint density at radius 2 is 1.40 bits per heavy atom. The normalized spacial score (nSPS) is 16.9. The van der Waals surface area contributed by atoms with Crippen LogP contribution in [0.4, 0.5) is 0 Å². The number of hydrogen-bond donors (Lipinski definition) is 1. The van der Waals surface area contributed by atoms with Crippen molar-refractivity contribution in [2.45, 2.75) is 63.8 Å². The minimum Gasteiger partial charge on any atom is -0.314 e. The van der Waals surface area contributed by atoms with E-state index in [0.29, 0.717) is 12.0 Å². The number of nitrogens with one attached hydrogen (secondary N) is 1. The van der Waals surface area contributed by atoms with Crippen LogP contribution in [-0.4, -0.2) is 12.6 Å². The Kier molecular flexibility index (Phi) is 7.11. The fourth-order valence-electron chi connectivity index (χ4n) is 4.38. The van der Waals surface area contributed by atoms with Crippen molar-refractivity contribution in [2.24, 2.45) is 5.92 Å². The summed E-state index contributed by atoms with van der Waals surface area (Å²) in [4.78, 5) is 0. The van der Waals surface area contributed by atoms with Crippen LogP contribution < -0.4 is 5.32 Å². The molecule has 0 heterocycles. The minimum absolute atomic E-state index is 0.483. The largest absolute Gasteiger partial charge is 0.314 e. The van der Waals surface area contributed by atoms with Gasteiger partial charge in [-0.1, -0.05) is 92.8 Å². The van der Waals surface area contributed by atoms with Gasteiger partial charge in [0.2, 0.25) is 0 Å². The lowest BCUT2D eigenvalue weighted by atomic mass is 9.85. The zero-order chi connectivity index (χ0) is 17.3. The van der Waals surface area contributed by atoms with Crippen LogP contribution in [-0.2, 0) is 0 Å². The molecule has 1 aliphatic rings. The second kappa shape index (κ2) is 9.77. The van der Waals surface area contributed by atoms with Gasteiger partial charge in [0.1, 0.15) is 0 Å². The van der Waals surface area contributed by atoms with Crippen molar-refractivity contribution < 1.29 is 0 Å². The van der Waals surface area contributed by atoms with Crippen molar-refractivity contribution in [2.75, 3.05) is 6.54 Å². The van der Waals surface area contributed by atoms with Crippen molar-refractivity contribution in [3.05, 3.63) is 71.8 Å². The van der Waals surface area contributed by atoms with Gasteiger partial charge in [0, 0.05) is 12.0 Å². The molecular weight excluding hydrogens is 302 g/mol. The molecule has 0 radical (unpaired) electrons. The van der Waals surface area contributed by atoms with Crippen LogP contribution in [0.1, 0.15) is 68.9 Å². The summed E-state index contributed by atoms with van der Waals surface area (Å²) in [5.74, 6) is 1.44. The molecule has 0 saturated heterocycles. The lowest BCUT2D eigenvalue weighted by Crippen LogP contribution is -2.30. The van der Waals surface area contributed by atoms with E-state index in [0.717, 1.165) is 18.9 Å². The summed E-state index contributed by atoms with van der Waals surface area (Å²) in [6.45, 7) is 3.46. The summed E-state index contributed by atoms with van der Waals surface area (Å²) >= 11 is 0. The molecule has 0 aliphatic heterocycles. The van der Waals surface area contributed by atoms with E-state index >= 15 is 0 Å². The molecule has 0 aromatic heterocycles. The molecule has 25 heavy (non-hydrogen) atoms. The predicted octanol–water partition coefficient (Wildman–Crippen LogP) is 6.16. The quantitative estimate of drug-likeness (QED) is 0.609. The van der Waals surface area contributed by atoms with E-state index in [1.165, 1.54) is 49.7 Å². The predicted molar refractivity (Wildman–Crippen MR) is 108 cm³/mol. The minimum atomic E-state index is 0.483. The third-order valence-corrected chi connectivity index (χ3v) is 5.74. The van der Waals surface area contributed by atoms with E-state index < -0.39 is 0 Å². The fourth-order valence-corrected chi connectivity index (χ4v) is 4.38. The van der Waals surface area contributed by atoms with Gasteiger partial charge >= 0.3 is 0 Å². The Morgan fingerprint density at radius 3 is 1.96 bits per heavy atom. The van der Waals surface area contributed by atoms with E-state index in [4.69, 9.17) is 0 Å². The molecule has 1 fully saturated rings.